The maximum atomic E-state index is 4.95. The minimum Gasteiger partial charge on any atom is -0.255 e. The summed E-state index contributed by atoms with van der Waals surface area (Å²) in [4.78, 5) is 9.53. The molecule has 0 atom stereocenters. The van der Waals surface area contributed by atoms with Crippen molar-refractivity contribution >= 4 is 29.0 Å². The second kappa shape index (κ2) is 14.6. The molecule has 9 aromatic rings. The zero-order valence-electron chi connectivity index (χ0n) is 32.3. The highest BCUT2D eigenvalue weighted by Crippen LogP contribution is 2.58. The van der Waals surface area contributed by atoms with Crippen LogP contribution < -0.4 is 10.6 Å². The smallest absolute Gasteiger partial charge is 0.0899 e. The van der Waals surface area contributed by atoms with Gasteiger partial charge in [0.1, 0.15) is 0 Å². The lowest BCUT2D eigenvalue weighted by Crippen LogP contribution is -2.29. The van der Waals surface area contributed by atoms with E-state index in [1.807, 2.05) is 24.3 Å². The quantitative estimate of drug-likeness (QED) is 0.163. The first kappa shape index (κ1) is 35.0. The van der Waals surface area contributed by atoms with E-state index < -0.39 is 5.41 Å². The topological polar surface area (TPSA) is 25.8 Å². The molecule has 0 N–H and O–H groups in total. The van der Waals surface area contributed by atoms with Crippen LogP contribution in [0.15, 0.2) is 206 Å². The average molecular weight is 741 g/mol. The van der Waals surface area contributed by atoms with E-state index in [-0.39, 0.29) is 0 Å². The number of aromatic nitrogens is 2. The summed E-state index contributed by atoms with van der Waals surface area (Å²) in [5.41, 5.74) is 15.8. The number of nitrogens with zero attached hydrogens (tertiary/aromatic N) is 2. The fourth-order valence-electron chi connectivity index (χ4n) is 9.09. The molecule has 0 spiro atoms. The predicted molar refractivity (Wildman–Crippen MR) is 242 cm³/mol. The Morgan fingerprint density at radius 3 is 1.88 bits per heavy atom. The van der Waals surface area contributed by atoms with Gasteiger partial charge in [0, 0.05) is 11.4 Å². The maximum Gasteiger partial charge on any atom is 0.0899 e. The molecule has 2 nitrogen and oxygen atoms in total. The summed E-state index contributed by atoms with van der Waals surface area (Å²) >= 11 is 0. The van der Waals surface area contributed by atoms with Crippen molar-refractivity contribution in [2.75, 3.05) is 0 Å². The highest BCUT2D eigenvalue weighted by molar-refractivity contribution is 5.99. The van der Waals surface area contributed by atoms with Crippen molar-refractivity contribution < 1.29 is 0 Å². The molecule has 0 saturated heterocycles. The normalized spacial score (nSPS) is 13.3. The van der Waals surface area contributed by atoms with Gasteiger partial charge in [-0.25, -0.2) is 4.98 Å². The highest BCUT2D eigenvalue weighted by Gasteiger charge is 2.46. The van der Waals surface area contributed by atoms with Crippen LogP contribution in [-0.2, 0) is 5.41 Å². The molecule has 0 radical (unpaired) electrons. The summed E-state index contributed by atoms with van der Waals surface area (Å²) in [6.07, 6.45) is 6.20. The zero-order valence-corrected chi connectivity index (χ0v) is 32.3. The maximum absolute atomic E-state index is 4.95. The molecular formula is C56H40N2. The first-order valence-corrected chi connectivity index (χ1v) is 19.9. The van der Waals surface area contributed by atoms with Crippen molar-refractivity contribution in [3.63, 3.8) is 0 Å². The molecule has 2 heterocycles. The van der Waals surface area contributed by atoms with Gasteiger partial charge in [-0.1, -0.05) is 176 Å². The molecule has 274 valence electrons. The highest BCUT2D eigenvalue weighted by atomic mass is 14.8. The van der Waals surface area contributed by atoms with Gasteiger partial charge >= 0.3 is 0 Å². The second-order valence-corrected chi connectivity index (χ2v) is 14.9. The lowest BCUT2D eigenvalue weighted by Gasteiger charge is -2.34. The first-order valence-electron chi connectivity index (χ1n) is 19.9. The predicted octanol–water partition coefficient (Wildman–Crippen LogP) is 12.3. The summed E-state index contributed by atoms with van der Waals surface area (Å²) < 4.78 is 0. The van der Waals surface area contributed by atoms with Crippen LogP contribution in [-0.4, -0.2) is 9.97 Å². The Hall–Kier alpha value is -7.42. The van der Waals surface area contributed by atoms with Crippen LogP contribution in [0.2, 0.25) is 0 Å². The van der Waals surface area contributed by atoms with Crippen LogP contribution in [0.3, 0.4) is 0 Å². The fourth-order valence-corrected chi connectivity index (χ4v) is 9.09. The van der Waals surface area contributed by atoms with Crippen molar-refractivity contribution in [3.8, 4) is 44.8 Å². The van der Waals surface area contributed by atoms with Crippen LogP contribution in [0, 0.1) is 0 Å². The van der Waals surface area contributed by atoms with Gasteiger partial charge in [-0.2, -0.15) is 0 Å². The van der Waals surface area contributed by atoms with Crippen LogP contribution in [0.1, 0.15) is 34.7 Å². The molecule has 10 rings (SSSR count). The Bertz CT molecular complexity index is 3070. The molecule has 0 saturated carbocycles. The third kappa shape index (κ3) is 5.81. The molecule has 1 aliphatic carbocycles. The zero-order chi connectivity index (χ0) is 39.1. The average Bonchev–Trinajstić information content (AvgIpc) is 3.60. The third-order valence-electron chi connectivity index (χ3n) is 11.7. The fraction of sp³-hybridized carbons (Fsp3) is 0.0357. The number of fused-ring (bicyclic) bond motifs is 4. The van der Waals surface area contributed by atoms with E-state index in [4.69, 9.17) is 4.98 Å². The van der Waals surface area contributed by atoms with Gasteiger partial charge in [-0.3, -0.25) is 4.98 Å². The number of benzene rings is 7. The number of hydrogen-bond acceptors (Lipinski definition) is 2. The Morgan fingerprint density at radius 2 is 1.16 bits per heavy atom. The summed E-state index contributed by atoms with van der Waals surface area (Å²) in [6.45, 7) is 6.54. The molecule has 0 aliphatic heterocycles. The number of rotatable bonds is 7. The van der Waals surface area contributed by atoms with E-state index in [0.717, 1.165) is 38.9 Å². The third-order valence-corrected chi connectivity index (χ3v) is 11.7. The minimum absolute atomic E-state index is 0.432. The van der Waals surface area contributed by atoms with Crippen molar-refractivity contribution in [3.05, 3.63) is 245 Å². The molecule has 58 heavy (non-hydrogen) atoms. The Morgan fingerprint density at radius 1 is 0.517 bits per heavy atom. The molecular weight excluding hydrogens is 701 g/mol. The van der Waals surface area contributed by atoms with Crippen molar-refractivity contribution in [2.24, 2.45) is 0 Å². The molecule has 0 bridgehead atoms. The van der Waals surface area contributed by atoms with Crippen molar-refractivity contribution in [1.29, 1.82) is 0 Å². The van der Waals surface area contributed by atoms with Crippen LogP contribution in [0.4, 0.5) is 0 Å². The van der Waals surface area contributed by atoms with Crippen LogP contribution in [0.25, 0.3) is 73.8 Å². The van der Waals surface area contributed by atoms with E-state index in [9.17, 15) is 0 Å². The SMILES string of the molecule is C=c1nc(-c2ccccn2)cc(-c2ccccc2)/c1=C/C(=C\C)c1ccc2cc(-c3cccc4c3-c3ccccc3C4(c3ccccc3)c3ccccc3)ccc2c1. The van der Waals surface area contributed by atoms with E-state index in [2.05, 4.69) is 200 Å². The molecule has 1 aliphatic rings. The minimum atomic E-state index is -0.432. The van der Waals surface area contributed by atoms with E-state index in [1.54, 1.807) is 6.20 Å². The summed E-state index contributed by atoms with van der Waals surface area (Å²) in [5, 5.41) is 4.09. The van der Waals surface area contributed by atoms with Gasteiger partial charge in [-0.15, -0.1) is 0 Å². The van der Waals surface area contributed by atoms with Crippen molar-refractivity contribution in [1.82, 2.24) is 9.97 Å². The van der Waals surface area contributed by atoms with Gasteiger partial charge < -0.3 is 0 Å². The molecule has 7 aromatic carbocycles. The summed E-state index contributed by atoms with van der Waals surface area (Å²) in [5.74, 6) is 0. The van der Waals surface area contributed by atoms with E-state index in [0.29, 0.717) is 5.35 Å². The van der Waals surface area contributed by atoms with Gasteiger partial charge in [0.2, 0.25) is 0 Å². The van der Waals surface area contributed by atoms with Crippen LogP contribution >= 0.6 is 0 Å². The molecule has 2 heteroatoms. The Labute approximate surface area is 339 Å². The van der Waals surface area contributed by atoms with Crippen LogP contribution in [0.5, 0.6) is 0 Å². The van der Waals surface area contributed by atoms with Crippen molar-refractivity contribution in [2.45, 2.75) is 12.3 Å². The van der Waals surface area contributed by atoms with E-state index in [1.165, 1.54) is 55.3 Å². The Balaban J connectivity index is 1.08. The lowest BCUT2D eigenvalue weighted by atomic mass is 9.67. The Kier molecular flexibility index (Phi) is 8.81. The molecule has 0 fully saturated rings. The van der Waals surface area contributed by atoms with Gasteiger partial charge in [-0.05, 0) is 121 Å². The molecule has 2 aromatic heterocycles. The van der Waals surface area contributed by atoms with E-state index >= 15 is 0 Å². The lowest BCUT2D eigenvalue weighted by molar-refractivity contribution is 0.768. The number of allylic oxidation sites excluding steroid dienone is 2. The first-order chi connectivity index (χ1) is 28.6. The number of pyridine rings is 2. The largest absolute Gasteiger partial charge is 0.255 e. The molecule has 0 unspecified atom stereocenters. The standard InChI is InChI=1S/C56H40N2/c1-3-39(36-49-38(2)58-54(53-28-15-16-33-57-53)37-50(49)40-18-7-4-8-19-40)41-29-30-43-35-44(32-31-42(43)34-41)47-25-17-27-52-55(47)48-24-13-14-26-51(48)56(52,45-20-9-5-10-21-45)46-22-11-6-12-23-46/h3-37H,2H2,1H3/b39-3+,49-36+. The summed E-state index contributed by atoms with van der Waals surface area (Å²) in [7, 11) is 0. The van der Waals surface area contributed by atoms with Gasteiger partial charge in [0.05, 0.1) is 22.2 Å². The summed E-state index contributed by atoms with van der Waals surface area (Å²) in [6, 6.07) is 70.0. The monoisotopic (exact) mass is 740 g/mol. The van der Waals surface area contributed by atoms with Gasteiger partial charge in [0.15, 0.2) is 0 Å². The van der Waals surface area contributed by atoms with Gasteiger partial charge in [0.25, 0.3) is 0 Å². The molecule has 0 amide bonds. The number of hydrogen-bond donors (Lipinski definition) is 0. The second-order valence-electron chi connectivity index (χ2n) is 14.9.